The minimum Gasteiger partial charge on any atom is -0.444 e. The van der Waals surface area contributed by atoms with Crippen molar-refractivity contribution in [2.45, 2.75) is 71.4 Å². The normalized spacial score (nSPS) is 16.3. The number of nitrogens with one attached hydrogen (secondary N) is 5. The van der Waals surface area contributed by atoms with Crippen molar-refractivity contribution < 1.29 is 28.4 Å². The summed E-state index contributed by atoms with van der Waals surface area (Å²) in [6, 6.07) is 19.9. The quantitative estimate of drug-likeness (QED) is 0.108. The molecule has 56 heavy (non-hydrogen) atoms. The van der Waals surface area contributed by atoms with Crippen molar-refractivity contribution >= 4 is 29.5 Å². The maximum Gasteiger partial charge on any atom is 0.407 e. The lowest BCUT2D eigenvalue weighted by atomic mass is 9.81. The molecule has 0 aliphatic heterocycles. The zero-order valence-electron chi connectivity index (χ0n) is 33.6. The number of alkyl carbamates (subject to hydrolysis) is 1. The molecule has 1 aliphatic rings. The lowest BCUT2D eigenvalue weighted by molar-refractivity contribution is -0.869. The molecule has 0 bridgehead atoms. The number of ether oxygens (including phenoxy) is 1. The zero-order valence-corrected chi connectivity index (χ0v) is 33.6. The molecule has 1 aromatic heterocycles. The van der Waals surface area contributed by atoms with Gasteiger partial charge in [-0.2, -0.15) is 5.21 Å². The van der Waals surface area contributed by atoms with Gasteiger partial charge in [0.2, 0.25) is 17.6 Å². The van der Waals surface area contributed by atoms with Gasteiger partial charge in [-0.3, -0.25) is 14.4 Å². The predicted molar refractivity (Wildman–Crippen MR) is 215 cm³/mol. The third-order valence-electron chi connectivity index (χ3n) is 9.80. The maximum atomic E-state index is 13.8. The van der Waals surface area contributed by atoms with Gasteiger partial charge in [-0.15, -0.1) is 10.2 Å². The van der Waals surface area contributed by atoms with Crippen molar-refractivity contribution in [1.82, 2.24) is 36.6 Å². The van der Waals surface area contributed by atoms with Gasteiger partial charge in [0.15, 0.2) is 0 Å². The molecule has 0 spiro atoms. The number of nitrogens with zero attached hydrogens (tertiary/aromatic N) is 4. The van der Waals surface area contributed by atoms with Gasteiger partial charge in [0, 0.05) is 35.7 Å². The number of carbonyl (C=O) groups excluding carboxylic acids is 4. The van der Waals surface area contributed by atoms with E-state index in [0.29, 0.717) is 43.0 Å². The number of aromatic nitrogens is 4. The summed E-state index contributed by atoms with van der Waals surface area (Å²) in [5.41, 5.74) is 5.19. The summed E-state index contributed by atoms with van der Waals surface area (Å²) < 4.78 is 6.12. The molecule has 4 amide bonds. The Balaban J connectivity index is 1.24. The minimum absolute atomic E-state index is 0.0963. The summed E-state index contributed by atoms with van der Waals surface area (Å²) in [7, 11) is 6.27. The Morgan fingerprint density at radius 2 is 1.57 bits per heavy atom. The van der Waals surface area contributed by atoms with Gasteiger partial charge in [0.1, 0.15) is 11.6 Å². The standard InChI is InChI=1S/C42H55N9O5/c1-27-24-33(38(52)43-22-23-51(5,6)7)18-21-35(27)30-12-8-28(9-13-30)25-36(40(54)45-34-19-16-31(17-20-34)37-47-49-50-48-37)46-39(53)32-14-10-29(11-15-32)26-44-41(55)56-42(2,3)4/h8-9,12-13,16-21,24,29,32,36H,10-11,14-15,22-23,25-26H2,1-7H3,(H4-,43,44,45,46,47,48,49,50,52,53,54,55)/p+1/t29?,32?,36-/m0/s1. The number of aryl methyl sites for hydroxylation is 1. The highest BCUT2D eigenvalue weighted by atomic mass is 16.6. The van der Waals surface area contributed by atoms with Crippen LogP contribution >= 0.6 is 0 Å². The second kappa shape index (κ2) is 18.3. The zero-order chi connectivity index (χ0) is 40.5. The molecule has 0 radical (unpaired) electrons. The maximum absolute atomic E-state index is 13.8. The molecule has 1 saturated carbocycles. The molecule has 1 atom stereocenters. The number of tetrazole rings is 1. The van der Waals surface area contributed by atoms with Gasteiger partial charge in [-0.05, 0) is 123 Å². The number of hydrogen-bond donors (Lipinski definition) is 5. The van der Waals surface area contributed by atoms with Crippen molar-refractivity contribution in [1.29, 1.82) is 0 Å². The summed E-state index contributed by atoms with van der Waals surface area (Å²) in [6.45, 7) is 9.38. The number of amides is 4. The van der Waals surface area contributed by atoms with Crippen molar-refractivity contribution in [3.05, 3.63) is 83.4 Å². The molecule has 5 N–H and O–H groups in total. The number of rotatable bonds is 14. The fourth-order valence-corrected chi connectivity index (χ4v) is 6.68. The first-order valence-electron chi connectivity index (χ1n) is 19.2. The Bertz CT molecular complexity index is 1940. The SMILES string of the molecule is Cc1cc(C(=O)NCC[N+](C)(C)C)ccc1-c1ccc(C[C@H](NC(=O)C2CCC(CNC(=O)OC(C)(C)C)CC2)C(=O)Nc2ccc(-c3nn[nH]n3)cc2)cc1. The van der Waals surface area contributed by atoms with E-state index in [4.69, 9.17) is 4.74 Å². The second-order valence-electron chi connectivity index (χ2n) is 16.7. The lowest BCUT2D eigenvalue weighted by Crippen LogP contribution is -2.48. The highest BCUT2D eigenvalue weighted by molar-refractivity contribution is 5.98. The Hall–Kier alpha value is -5.63. The van der Waals surface area contributed by atoms with Crippen LogP contribution in [0.5, 0.6) is 0 Å². The molecule has 1 aliphatic carbocycles. The van der Waals surface area contributed by atoms with Crippen LogP contribution in [0.25, 0.3) is 22.5 Å². The molecule has 1 fully saturated rings. The van der Waals surface area contributed by atoms with Crippen molar-refractivity contribution in [2.24, 2.45) is 11.8 Å². The lowest BCUT2D eigenvalue weighted by Gasteiger charge is -2.29. The summed E-state index contributed by atoms with van der Waals surface area (Å²) in [5.74, 6) is -0.156. The highest BCUT2D eigenvalue weighted by Crippen LogP contribution is 2.29. The molecular weight excluding hydrogens is 711 g/mol. The van der Waals surface area contributed by atoms with Crippen LogP contribution in [-0.4, -0.2) is 101 Å². The van der Waals surface area contributed by atoms with Gasteiger partial charge in [0.05, 0.1) is 34.2 Å². The molecule has 4 aromatic rings. The van der Waals surface area contributed by atoms with Crippen LogP contribution in [0.15, 0.2) is 66.7 Å². The summed E-state index contributed by atoms with van der Waals surface area (Å²) in [4.78, 5) is 52.4. The largest absolute Gasteiger partial charge is 0.444 e. The number of H-pyrrole nitrogens is 1. The van der Waals surface area contributed by atoms with Gasteiger partial charge in [0.25, 0.3) is 5.91 Å². The van der Waals surface area contributed by atoms with Crippen molar-refractivity contribution in [2.75, 3.05) is 46.1 Å². The molecule has 14 heteroatoms. The second-order valence-corrected chi connectivity index (χ2v) is 16.7. The van der Waals surface area contributed by atoms with Crippen LogP contribution in [0.3, 0.4) is 0 Å². The predicted octanol–water partition coefficient (Wildman–Crippen LogP) is 5.28. The van der Waals surface area contributed by atoms with Crippen LogP contribution in [0.4, 0.5) is 10.5 Å². The Kier molecular flexibility index (Phi) is 13.6. The average molecular weight is 767 g/mol. The van der Waals surface area contributed by atoms with Crippen LogP contribution in [-0.2, 0) is 20.7 Å². The summed E-state index contributed by atoms with van der Waals surface area (Å²) >= 11 is 0. The van der Waals surface area contributed by atoms with E-state index in [1.54, 1.807) is 24.3 Å². The number of aromatic amines is 1. The first kappa shape index (κ1) is 41.5. The van der Waals surface area contributed by atoms with Gasteiger partial charge >= 0.3 is 6.09 Å². The number of likely N-dealkylation sites (N-methyl/N-ethyl adjacent to an activating group) is 1. The number of carbonyl (C=O) groups is 4. The van der Waals surface area contributed by atoms with Crippen LogP contribution in [0.1, 0.15) is 67.9 Å². The molecule has 5 rings (SSSR count). The minimum atomic E-state index is -0.839. The molecular formula is C42H56N9O5+. The Morgan fingerprint density at radius 3 is 2.18 bits per heavy atom. The Morgan fingerprint density at radius 1 is 0.893 bits per heavy atom. The van der Waals surface area contributed by atoms with Gasteiger partial charge in [-0.1, -0.05) is 30.3 Å². The topological polar surface area (TPSA) is 180 Å². The van der Waals surface area contributed by atoms with E-state index in [0.717, 1.165) is 51.7 Å². The van der Waals surface area contributed by atoms with E-state index in [9.17, 15) is 19.2 Å². The number of hydrogen-bond acceptors (Lipinski definition) is 8. The van der Waals surface area contributed by atoms with Crippen molar-refractivity contribution in [3.63, 3.8) is 0 Å². The fourth-order valence-electron chi connectivity index (χ4n) is 6.68. The van der Waals surface area contributed by atoms with E-state index in [2.05, 4.69) is 63.0 Å². The summed E-state index contributed by atoms with van der Waals surface area (Å²) in [6.07, 6.45) is 2.70. The van der Waals surface area contributed by atoms with E-state index >= 15 is 0 Å². The summed E-state index contributed by atoms with van der Waals surface area (Å²) in [5, 5.41) is 25.9. The van der Waals surface area contributed by atoms with E-state index in [1.165, 1.54) is 0 Å². The molecule has 0 saturated heterocycles. The Labute approximate surface area is 329 Å². The van der Waals surface area contributed by atoms with Crippen LogP contribution in [0, 0.1) is 18.8 Å². The van der Waals surface area contributed by atoms with E-state index in [1.807, 2.05) is 70.2 Å². The average Bonchev–Trinajstić information content (AvgIpc) is 3.69. The molecule has 1 heterocycles. The van der Waals surface area contributed by atoms with Gasteiger partial charge < -0.3 is 30.5 Å². The molecule has 3 aromatic carbocycles. The molecule has 298 valence electrons. The number of quaternary nitrogens is 1. The molecule has 0 unspecified atom stereocenters. The molecule has 14 nitrogen and oxygen atoms in total. The van der Waals surface area contributed by atoms with Crippen molar-refractivity contribution in [3.8, 4) is 22.5 Å². The fraction of sp³-hybridized carbons (Fsp3) is 0.452. The van der Waals surface area contributed by atoms with E-state index in [-0.39, 0.29) is 36.0 Å². The van der Waals surface area contributed by atoms with Gasteiger partial charge in [-0.25, -0.2) is 4.79 Å². The van der Waals surface area contributed by atoms with Crippen LogP contribution < -0.4 is 21.3 Å². The smallest absolute Gasteiger partial charge is 0.407 e. The number of benzene rings is 3. The monoisotopic (exact) mass is 766 g/mol. The first-order chi connectivity index (χ1) is 26.5. The number of anilines is 1. The first-order valence-corrected chi connectivity index (χ1v) is 19.2. The third-order valence-corrected chi connectivity index (χ3v) is 9.80. The third kappa shape index (κ3) is 12.4. The highest BCUT2D eigenvalue weighted by Gasteiger charge is 2.30. The van der Waals surface area contributed by atoms with Crippen LogP contribution in [0.2, 0.25) is 0 Å². The van der Waals surface area contributed by atoms with E-state index < -0.39 is 17.7 Å².